The number of aryl methyl sites for hydroxylation is 2. The second-order valence-corrected chi connectivity index (χ2v) is 5.51. The van der Waals surface area contributed by atoms with Crippen LogP contribution in [0.1, 0.15) is 21.6 Å². The molecule has 1 aromatic carbocycles. The van der Waals surface area contributed by atoms with Crippen molar-refractivity contribution in [1.82, 2.24) is 9.78 Å². The van der Waals surface area contributed by atoms with Crippen LogP contribution in [0.4, 0.5) is 5.82 Å². The Morgan fingerprint density at radius 2 is 2.10 bits per heavy atom. The summed E-state index contributed by atoms with van der Waals surface area (Å²) < 4.78 is 2.61. The van der Waals surface area contributed by atoms with Gasteiger partial charge in [0.2, 0.25) is 0 Å². The Bertz CT molecular complexity index is 652. The first kappa shape index (κ1) is 14.6. The molecule has 1 heterocycles. The van der Waals surface area contributed by atoms with Crippen molar-refractivity contribution in [2.45, 2.75) is 13.5 Å². The van der Waals surface area contributed by atoms with Crippen molar-refractivity contribution in [1.29, 1.82) is 0 Å². The third-order valence-corrected chi connectivity index (χ3v) is 3.91. The monoisotopic (exact) mass is 337 g/mol. The highest BCUT2D eigenvalue weighted by molar-refractivity contribution is 9.10. The molecule has 0 aliphatic heterocycles. The van der Waals surface area contributed by atoms with Crippen molar-refractivity contribution in [3.8, 4) is 0 Å². The Hall–Kier alpha value is -1.82. The maximum Gasteiger partial charge on any atom is 0.341 e. The number of hydrogen-bond donors (Lipinski definition) is 1. The van der Waals surface area contributed by atoms with Gasteiger partial charge in [-0.05, 0) is 18.6 Å². The van der Waals surface area contributed by atoms with Crippen molar-refractivity contribution >= 4 is 27.7 Å². The molecule has 2 aromatic rings. The number of aromatic carboxylic acids is 1. The highest BCUT2D eigenvalue weighted by Gasteiger charge is 2.22. The van der Waals surface area contributed by atoms with Gasteiger partial charge in [-0.2, -0.15) is 5.10 Å². The lowest BCUT2D eigenvalue weighted by Gasteiger charge is -2.21. The summed E-state index contributed by atoms with van der Waals surface area (Å²) in [7, 11) is 3.62. The number of benzene rings is 1. The molecular weight excluding hydrogens is 322 g/mol. The van der Waals surface area contributed by atoms with E-state index in [1.54, 1.807) is 18.7 Å². The number of carboxylic acid groups (broad SMARTS) is 1. The molecule has 0 amide bonds. The second-order valence-electron chi connectivity index (χ2n) is 4.66. The smallest absolute Gasteiger partial charge is 0.341 e. The maximum atomic E-state index is 11.4. The molecule has 0 bridgehead atoms. The predicted octanol–water partition coefficient (Wildman–Crippen LogP) is 2.83. The number of hydrogen-bond acceptors (Lipinski definition) is 3. The Kier molecular flexibility index (Phi) is 4.13. The summed E-state index contributed by atoms with van der Waals surface area (Å²) >= 11 is 3.50. The molecule has 0 radical (unpaired) electrons. The maximum absolute atomic E-state index is 11.4. The van der Waals surface area contributed by atoms with E-state index in [0.29, 0.717) is 18.1 Å². The van der Waals surface area contributed by atoms with Gasteiger partial charge in [0.1, 0.15) is 11.4 Å². The van der Waals surface area contributed by atoms with Crippen LogP contribution in [0.5, 0.6) is 0 Å². The van der Waals surface area contributed by atoms with E-state index < -0.39 is 5.97 Å². The van der Waals surface area contributed by atoms with E-state index >= 15 is 0 Å². The Morgan fingerprint density at radius 3 is 2.70 bits per heavy atom. The van der Waals surface area contributed by atoms with Crippen molar-refractivity contribution in [2.24, 2.45) is 7.05 Å². The molecule has 0 aliphatic rings. The van der Waals surface area contributed by atoms with E-state index in [1.165, 1.54) is 0 Å². The van der Waals surface area contributed by atoms with Crippen LogP contribution < -0.4 is 4.90 Å². The van der Waals surface area contributed by atoms with E-state index in [2.05, 4.69) is 21.0 Å². The molecular formula is C14H16BrN3O2. The lowest BCUT2D eigenvalue weighted by atomic mass is 10.2. The first-order valence-electron chi connectivity index (χ1n) is 6.13. The van der Waals surface area contributed by atoms with E-state index in [-0.39, 0.29) is 5.56 Å². The van der Waals surface area contributed by atoms with Crippen LogP contribution in [0.25, 0.3) is 0 Å². The number of carboxylic acids is 1. The molecule has 0 saturated carbocycles. The minimum absolute atomic E-state index is 0.252. The molecule has 1 aromatic heterocycles. The molecule has 0 atom stereocenters. The minimum Gasteiger partial charge on any atom is -0.477 e. The fourth-order valence-electron chi connectivity index (χ4n) is 2.29. The Labute approximate surface area is 126 Å². The summed E-state index contributed by atoms with van der Waals surface area (Å²) in [5.74, 6) is -0.352. The number of aromatic nitrogens is 2. The average molecular weight is 338 g/mol. The van der Waals surface area contributed by atoms with Crippen molar-refractivity contribution in [2.75, 3.05) is 11.9 Å². The first-order valence-corrected chi connectivity index (χ1v) is 6.92. The van der Waals surface area contributed by atoms with Gasteiger partial charge in [0.25, 0.3) is 0 Å². The van der Waals surface area contributed by atoms with Crippen LogP contribution in [-0.4, -0.2) is 27.9 Å². The highest BCUT2D eigenvalue weighted by Crippen LogP contribution is 2.25. The topological polar surface area (TPSA) is 58.4 Å². The number of halogens is 1. The van der Waals surface area contributed by atoms with Gasteiger partial charge in [0.05, 0.1) is 5.69 Å². The Balaban J connectivity index is 2.37. The van der Waals surface area contributed by atoms with E-state index in [1.807, 2.05) is 36.2 Å². The highest BCUT2D eigenvalue weighted by atomic mass is 79.9. The lowest BCUT2D eigenvalue weighted by Crippen LogP contribution is -2.22. The lowest BCUT2D eigenvalue weighted by molar-refractivity contribution is 0.0696. The molecule has 0 unspecified atom stereocenters. The van der Waals surface area contributed by atoms with Crippen LogP contribution in [-0.2, 0) is 13.6 Å². The third kappa shape index (κ3) is 2.70. The quantitative estimate of drug-likeness (QED) is 0.931. The number of rotatable bonds is 4. The molecule has 0 aliphatic carbocycles. The molecule has 6 heteroatoms. The number of carbonyl (C=O) groups is 1. The van der Waals surface area contributed by atoms with Gasteiger partial charge in [-0.15, -0.1) is 0 Å². The van der Waals surface area contributed by atoms with Crippen molar-refractivity contribution in [3.05, 3.63) is 45.6 Å². The zero-order chi connectivity index (χ0) is 14.9. The fourth-order valence-corrected chi connectivity index (χ4v) is 2.70. The van der Waals surface area contributed by atoms with Gasteiger partial charge in [0, 0.05) is 25.1 Å². The third-order valence-electron chi connectivity index (χ3n) is 3.13. The number of nitrogens with zero attached hydrogens (tertiary/aromatic N) is 3. The van der Waals surface area contributed by atoms with E-state index in [4.69, 9.17) is 0 Å². The van der Waals surface area contributed by atoms with E-state index in [9.17, 15) is 9.90 Å². The standard InChI is InChI=1S/C14H16BrN3O2/c1-9-12(14(19)20)13(18(3)16-9)17(2)8-10-6-4-5-7-11(10)15/h4-7H,8H2,1-3H3,(H,19,20). The van der Waals surface area contributed by atoms with Crippen molar-refractivity contribution < 1.29 is 9.90 Å². The molecule has 0 spiro atoms. The predicted molar refractivity (Wildman–Crippen MR) is 81.2 cm³/mol. The zero-order valence-electron chi connectivity index (χ0n) is 11.6. The molecule has 0 fully saturated rings. The molecule has 5 nitrogen and oxygen atoms in total. The summed E-state index contributed by atoms with van der Waals surface area (Å²) in [6, 6.07) is 7.88. The van der Waals surface area contributed by atoms with Crippen LogP contribution in [0.3, 0.4) is 0 Å². The van der Waals surface area contributed by atoms with Gasteiger partial charge in [0.15, 0.2) is 0 Å². The molecule has 1 N–H and O–H groups in total. The van der Waals surface area contributed by atoms with Crippen LogP contribution in [0, 0.1) is 6.92 Å². The largest absolute Gasteiger partial charge is 0.477 e. The zero-order valence-corrected chi connectivity index (χ0v) is 13.2. The minimum atomic E-state index is -0.954. The van der Waals surface area contributed by atoms with Crippen LogP contribution >= 0.6 is 15.9 Å². The SMILES string of the molecule is Cc1nn(C)c(N(C)Cc2ccccc2Br)c1C(=O)O. The van der Waals surface area contributed by atoms with Gasteiger partial charge in [-0.25, -0.2) is 4.79 Å². The normalized spacial score (nSPS) is 10.6. The van der Waals surface area contributed by atoms with Crippen LogP contribution in [0.15, 0.2) is 28.7 Å². The summed E-state index contributed by atoms with van der Waals surface area (Å²) in [5, 5.41) is 13.5. The molecule has 2 rings (SSSR count). The summed E-state index contributed by atoms with van der Waals surface area (Å²) in [5.41, 5.74) is 1.86. The van der Waals surface area contributed by atoms with Gasteiger partial charge in [-0.3, -0.25) is 4.68 Å². The second kappa shape index (κ2) is 5.66. The fraction of sp³-hybridized carbons (Fsp3) is 0.286. The molecule has 20 heavy (non-hydrogen) atoms. The van der Waals surface area contributed by atoms with Crippen molar-refractivity contribution in [3.63, 3.8) is 0 Å². The number of anilines is 1. The average Bonchev–Trinajstić information content (AvgIpc) is 2.67. The first-order chi connectivity index (χ1) is 9.41. The van der Waals surface area contributed by atoms with Crippen LogP contribution in [0.2, 0.25) is 0 Å². The Morgan fingerprint density at radius 1 is 1.45 bits per heavy atom. The van der Waals surface area contributed by atoms with Gasteiger partial charge < -0.3 is 10.0 Å². The molecule has 106 valence electrons. The summed E-state index contributed by atoms with van der Waals surface area (Å²) in [4.78, 5) is 13.3. The van der Waals surface area contributed by atoms with Gasteiger partial charge >= 0.3 is 5.97 Å². The summed E-state index contributed by atoms with van der Waals surface area (Å²) in [6.07, 6.45) is 0. The van der Waals surface area contributed by atoms with E-state index in [0.717, 1.165) is 10.0 Å². The summed E-state index contributed by atoms with van der Waals surface area (Å²) in [6.45, 7) is 2.31. The van der Waals surface area contributed by atoms with Gasteiger partial charge in [-0.1, -0.05) is 34.1 Å². The molecule has 0 saturated heterocycles.